The second-order valence-electron chi connectivity index (χ2n) is 3.81. The summed E-state index contributed by atoms with van der Waals surface area (Å²) in [7, 11) is -2.13. The summed E-state index contributed by atoms with van der Waals surface area (Å²) < 4.78 is 11.4. The smallest absolute Gasteiger partial charge is 0.269 e. The van der Waals surface area contributed by atoms with E-state index in [0.29, 0.717) is 5.56 Å². The number of Topliss-reactive ketones (excluding diaryl/α,β-unsaturated/α-hetero) is 1. The van der Waals surface area contributed by atoms with Crippen LogP contribution in [-0.2, 0) is 14.1 Å². The van der Waals surface area contributed by atoms with Crippen molar-refractivity contribution in [1.82, 2.24) is 0 Å². The molecule has 86 valence electrons. The molecule has 0 amide bonds. The van der Waals surface area contributed by atoms with Gasteiger partial charge in [-0.25, -0.2) is 0 Å². The monoisotopic (exact) mass is 242 g/mol. The van der Waals surface area contributed by atoms with Gasteiger partial charge in [0.2, 0.25) is 5.78 Å². The van der Waals surface area contributed by atoms with E-state index in [1.54, 1.807) is 0 Å². The van der Waals surface area contributed by atoms with Crippen LogP contribution in [0.3, 0.4) is 0 Å². The Morgan fingerprint density at radius 3 is 2.19 bits per heavy atom. The third kappa shape index (κ3) is 3.54. The fraction of sp³-hybridized carbons (Fsp3) is 0.300. The number of non-ortho nitro benzene ring substituents is 1. The van der Waals surface area contributed by atoms with Crippen molar-refractivity contribution in [3.05, 3.63) is 39.9 Å². The first kappa shape index (κ1) is 12.5. The Labute approximate surface area is 94.0 Å². The summed E-state index contributed by atoms with van der Waals surface area (Å²) in [6.07, 6.45) is 3.02. The number of hydrogen-bond donors (Lipinski definition) is 0. The van der Waals surface area contributed by atoms with E-state index in [4.69, 9.17) is 0 Å². The van der Waals surface area contributed by atoms with Gasteiger partial charge >= 0.3 is 0 Å². The summed E-state index contributed by atoms with van der Waals surface area (Å²) in [5.74, 6) is -0.296. The van der Waals surface area contributed by atoms with E-state index in [2.05, 4.69) is 0 Å². The molecule has 0 aliphatic rings. The van der Waals surface area contributed by atoms with E-state index in [9.17, 15) is 19.1 Å². The zero-order valence-electron chi connectivity index (χ0n) is 9.00. The van der Waals surface area contributed by atoms with Gasteiger partial charge in [-0.05, 0) is 12.1 Å². The summed E-state index contributed by atoms with van der Waals surface area (Å²) >= 11 is 0. The lowest BCUT2D eigenvalue weighted by atomic mass is 10.1. The maximum absolute atomic E-state index is 11.6. The standard InChI is InChI=1S/C10H12NO4S/c1-16(2,15)7-10(12)8-3-5-9(6-4-8)11(13)14/h3-6H,7H2,1-2H3/q+1. The number of rotatable bonds is 4. The van der Waals surface area contributed by atoms with Crippen molar-refractivity contribution >= 4 is 21.4 Å². The first-order chi connectivity index (χ1) is 7.29. The van der Waals surface area contributed by atoms with Gasteiger partial charge < -0.3 is 0 Å². The Bertz CT molecular complexity index is 460. The Hall–Kier alpha value is -1.56. The van der Waals surface area contributed by atoms with Gasteiger partial charge in [-0.1, -0.05) is 0 Å². The molecule has 5 nitrogen and oxygen atoms in total. The van der Waals surface area contributed by atoms with Crippen LogP contribution in [0, 0.1) is 10.1 Å². The van der Waals surface area contributed by atoms with Crippen LogP contribution in [0.2, 0.25) is 0 Å². The van der Waals surface area contributed by atoms with Crippen LogP contribution in [0.15, 0.2) is 24.3 Å². The zero-order valence-corrected chi connectivity index (χ0v) is 9.82. The maximum Gasteiger partial charge on any atom is 0.269 e. The molecule has 0 unspecified atom stereocenters. The minimum absolute atomic E-state index is 0.0369. The highest BCUT2D eigenvalue weighted by atomic mass is 32.2. The van der Waals surface area contributed by atoms with Gasteiger partial charge in [0.25, 0.3) is 5.69 Å². The van der Waals surface area contributed by atoms with Gasteiger partial charge in [0.1, 0.15) is 12.5 Å². The summed E-state index contributed by atoms with van der Waals surface area (Å²) in [5.41, 5.74) is 0.285. The predicted molar refractivity (Wildman–Crippen MR) is 62.2 cm³/mol. The number of hydrogen-bond acceptors (Lipinski definition) is 4. The summed E-state index contributed by atoms with van der Waals surface area (Å²) in [6.45, 7) is 0. The van der Waals surface area contributed by atoms with E-state index >= 15 is 0 Å². The quantitative estimate of drug-likeness (QED) is 0.347. The molecule has 0 heterocycles. The first-order valence-corrected chi connectivity index (χ1v) is 7.03. The number of carbonyl (C=O) groups is 1. The molecule has 0 saturated carbocycles. The Balaban J connectivity index is 2.86. The second kappa shape index (κ2) is 4.52. The van der Waals surface area contributed by atoms with Crippen molar-refractivity contribution in [1.29, 1.82) is 0 Å². The van der Waals surface area contributed by atoms with Gasteiger partial charge in [0.05, 0.1) is 14.9 Å². The molecule has 0 aliphatic heterocycles. The third-order valence-electron chi connectivity index (χ3n) is 1.88. The van der Waals surface area contributed by atoms with Crippen molar-refractivity contribution in [2.45, 2.75) is 0 Å². The van der Waals surface area contributed by atoms with Crippen molar-refractivity contribution in [3.63, 3.8) is 0 Å². The van der Waals surface area contributed by atoms with Crippen LogP contribution in [-0.4, -0.2) is 29.0 Å². The molecule has 0 aromatic heterocycles. The van der Waals surface area contributed by atoms with E-state index in [1.807, 2.05) is 0 Å². The molecular weight excluding hydrogens is 230 g/mol. The fourth-order valence-electron chi connectivity index (χ4n) is 1.17. The molecule has 0 N–H and O–H groups in total. The number of nitro groups is 1. The molecule has 0 radical (unpaired) electrons. The molecule has 0 atom stereocenters. The molecule has 0 bridgehead atoms. The van der Waals surface area contributed by atoms with E-state index in [1.165, 1.54) is 36.8 Å². The number of carbonyl (C=O) groups excluding carboxylic acids is 1. The number of ketones is 1. The van der Waals surface area contributed by atoms with E-state index < -0.39 is 14.9 Å². The molecular formula is C10H12NO4S+. The van der Waals surface area contributed by atoms with Crippen molar-refractivity contribution in [2.75, 3.05) is 18.3 Å². The van der Waals surface area contributed by atoms with E-state index in [-0.39, 0.29) is 17.2 Å². The van der Waals surface area contributed by atoms with Crippen LogP contribution in [0.1, 0.15) is 10.4 Å². The normalized spacial score (nSPS) is 11.1. The highest BCUT2D eigenvalue weighted by molar-refractivity contribution is 8.02. The average molecular weight is 242 g/mol. The zero-order chi connectivity index (χ0) is 12.3. The number of nitro benzene ring substituents is 1. The molecule has 6 heteroatoms. The molecule has 1 aromatic carbocycles. The topological polar surface area (TPSA) is 77.3 Å². The second-order valence-corrected chi connectivity index (χ2v) is 6.97. The highest BCUT2D eigenvalue weighted by Gasteiger charge is 2.20. The van der Waals surface area contributed by atoms with Gasteiger partial charge in [-0.2, -0.15) is 0 Å². The summed E-state index contributed by atoms with van der Waals surface area (Å²) in [4.78, 5) is 21.4. The fourth-order valence-corrected chi connectivity index (χ4v) is 1.97. The van der Waals surface area contributed by atoms with Crippen LogP contribution < -0.4 is 0 Å². The first-order valence-electron chi connectivity index (χ1n) is 4.49. The maximum atomic E-state index is 11.6. The minimum atomic E-state index is -2.13. The SMILES string of the molecule is C[S+](C)(=O)CC(=O)c1ccc([N+](=O)[O-])cc1. The lowest BCUT2D eigenvalue weighted by Gasteiger charge is -2.00. The molecule has 0 aliphatic carbocycles. The molecule has 0 saturated heterocycles. The predicted octanol–water partition coefficient (Wildman–Crippen LogP) is 1.54. The largest absolute Gasteiger partial charge is 0.289 e. The third-order valence-corrected chi connectivity index (χ3v) is 2.84. The highest BCUT2D eigenvalue weighted by Crippen LogP contribution is 2.13. The molecule has 1 rings (SSSR count). The van der Waals surface area contributed by atoms with Gasteiger partial charge in [-0.3, -0.25) is 14.9 Å². The van der Waals surface area contributed by atoms with Crippen molar-refractivity contribution in [3.8, 4) is 0 Å². The molecule has 1 aromatic rings. The van der Waals surface area contributed by atoms with Crippen LogP contribution >= 0.6 is 0 Å². The number of nitrogens with zero attached hydrogens (tertiary/aromatic N) is 1. The van der Waals surface area contributed by atoms with E-state index in [0.717, 1.165) is 0 Å². The average Bonchev–Trinajstić information content (AvgIpc) is 2.15. The summed E-state index contributed by atoms with van der Waals surface area (Å²) in [5, 5.41) is 10.4. The van der Waals surface area contributed by atoms with Crippen LogP contribution in [0.5, 0.6) is 0 Å². The lowest BCUT2D eigenvalue weighted by molar-refractivity contribution is -0.384. The molecule has 16 heavy (non-hydrogen) atoms. The molecule has 0 spiro atoms. The minimum Gasteiger partial charge on any atom is -0.289 e. The van der Waals surface area contributed by atoms with Gasteiger partial charge in [-0.15, -0.1) is 4.21 Å². The van der Waals surface area contributed by atoms with Gasteiger partial charge in [0, 0.05) is 17.7 Å². The Kier molecular flexibility index (Phi) is 3.54. The lowest BCUT2D eigenvalue weighted by Crippen LogP contribution is -2.19. The van der Waals surface area contributed by atoms with Crippen LogP contribution in [0.4, 0.5) is 5.69 Å². The number of benzene rings is 1. The van der Waals surface area contributed by atoms with Gasteiger partial charge in [0.15, 0.2) is 5.75 Å². The van der Waals surface area contributed by atoms with Crippen molar-refractivity contribution < 1.29 is 13.9 Å². The summed E-state index contributed by atoms with van der Waals surface area (Å²) in [6, 6.07) is 5.29. The van der Waals surface area contributed by atoms with Crippen LogP contribution in [0.25, 0.3) is 0 Å². The van der Waals surface area contributed by atoms with Crippen molar-refractivity contribution in [2.24, 2.45) is 0 Å². The Morgan fingerprint density at radius 1 is 1.31 bits per heavy atom. The Morgan fingerprint density at radius 2 is 1.81 bits per heavy atom. The molecule has 0 fully saturated rings.